The van der Waals surface area contributed by atoms with Gasteiger partial charge in [0.15, 0.2) is 5.13 Å². The number of nitrogens with one attached hydrogen (secondary N) is 1. The predicted octanol–water partition coefficient (Wildman–Crippen LogP) is 1.77. The number of hydrogen-bond acceptors (Lipinski definition) is 6. The Labute approximate surface area is 130 Å². The molecule has 1 N–H and O–H groups in total. The van der Waals surface area contributed by atoms with Gasteiger partial charge in [0.25, 0.3) is 0 Å². The molecule has 21 heavy (non-hydrogen) atoms. The first-order chi connectivity index (χ1) is 9.82. The smallest absolute Gasteiger partial charge is 0.216 e. The molecule has 1 aliphatic heterocycles. The second kappa shape index (κ2) is 6.60. The van der Waals surface area contributed by atoms with E-state index in [0.717, 1.165) is 18.0 Å². The molecule has 1 fully saturated rings. The lowest BCUT2D eigenvalue weighted by atomic mass is 10.1. The van der Waals surface area contributed by atoms with Crippen LogP contribution < -0.4 is 5.32 Å². The van der Waals surface area contributed by atoms with Gasteiger partial charge in [0.1, 0.15) is 0 Å². The number of aromatic nitrogens is 1. The van der Waals surface area contributed by atoms with Crippen LogP contribution in [0.25, 0.3) is 0 Å². The van der Waals surface area contributed by atoms with Crippen LogP contribution in [0.2, 0.25) is 0 Å². The first-order valence-electron chi connectivity index (χ1n) is 7.01. The molecule has 1 aromatic heterocycles. The molecule has 8 heteroatoms. The van der Waals surface area contributed by atoms with Crippen LogP contribution in [0.5, 0.6) is 0 Å². The van der Waals surface area contributed by atoms with Crippen molar-refractivity contribution in [3.8, 4) is 0 Å². The van der Waals surface area contributed by atoms with Crippen molar-refractivity contribution in [1.82, 2.24) is 9.29 Å². The summed E-state index contributed by atoms with van der Waals surface area (Å²) in [5.74, 6) is 0.0150. The summed E-state index contributed by atoms with van der Waals surface area (Å²) in [5.41, 5.74) is -0.658. The van der Waals surface area contributed by atoms with Gasteiger partial charge < -0.3 is 10.1 Å². The van der Waals surface area contributed by atoms with E-state index in [4.69, 9.17) is 4.74 Å². The first-order valence-corrected chi connectivity index (χ1v) is 9.50. The van der Waals surface area contributed by atoms with Gasteiger partial charge in [0.2, 0.25) is 10.0 Å². The summed E-state index contributed by atoms with van der Waals surface area (Å²) in [6.07, 6.45) is 3.36. The van der Waals surface area contributed by atoms with Crippen LogP contribution >= 0.6 is 11.3 Å². The Hall–Kier alpha value is -0.700. The number of ether oxygens (including phenoxy) is 1. The van der Waals surface area contributed by atoms with E-state index in [1.54, 1.807) is 42.8 Å². The SMILES string of the molecule is COC(C)(C)CS(=O)(=O)N1CCC(Nc2nccs2)CC1. The van der Waals surface area contributed by atoms with Gasteiger partial charge in [-0.25, -0.2) is 17.7 Å². The number of hydrogen-bond donors (Lipinski definition) is 1. The maximum absolute atomic E-state index is 12.4. The summed E-state index contributed by atoms with van der Waals surface area (Å²) < 4.78 is 31.6. The molecule has 0 bridgehead atoms. The van der Waals surface area contributed by atoms with Gasteiger partial charge >= 0.3 is 0 Å². The van der Waals surface area contributed by atoms with Crippen molar-refractivity contribution >= 4 is 26.5 Å². The zero-order chi connectivity index (χ0) is 15.5. The van der Waals surface area contributed by atoms with Crippen LogP contribution in [0, 0.1) is 0 Å². The van der Waals surface area contributed by atoms with E-state index in [9.17, 15) is 8.42 Å². The third-order valence-corrected chi connectivity index (χ3v) is 6.61. The molecule has 0 amide bonds. The summed E-state index contributed by atoms with van der Waals surface area (Å²) in [4.78, 5) is 4.20. The molecule has 0 atom stereocenters. The summed E-state index contributed by atoms with van der Waals surface area (Å²) in [7, 11) is -1.73. The average Bonchev–Trinajstić information content (AvgIpc) is 2.91. The minimum atomic E-state index is -3.27. The lowest BCUT2D eigenvalue weighted by Crippen LogP contribution is -2.46. The lowest BCUT2D eigenvalue weighted by molar-refractivity contribution is 0.0415. The van der Waals surface area contributed by atoms with Crippen LogP contribution in [-0.2, 0) is 14.8 Å². The molecule has 0 radical (unpaired) electrons. The second-order valence-electron chi connectivity index (χ2n) is 5.87. The van der Waals surface area contributed by atoms with Crippen LogP contribution in [0.4, 0.5) is 5.13 Å². The topological polar surface area (TPSA) is 71.5 Å². The fraction of sp³-hybridized carbons (Fsp3) is 0.769. The maximum Gasteiger partial charge on any atom is 0.216 e. The highest BCUT2D eigenvalue weighted by Crippen LogP contribution is 2.22. The van der Waals surface area contributed by atoms with E-state index < -0.39 is 15.6 Å². The van der Waals surface area contributed by atoms with Gasteiger partial charge in [-0.2, -0.15) is 0 Å². The quantitative estimate of drug-likeness (QED) is 0.859. The Morgan fingerprint density at radius 2 is 2.14 bits per heavy atom. The monoisotopic (exact) mass is 333 g/mol. The summed E-state index contributed by atoms with van der Waals surface area (Å²) in [6, 6.07) is 0.290. The van der Waals surface area contributed by atoms with Crippen LogP contribution in [0.3, 0.4) is 0 Å². The number of nitrogens with zero attached hydrogens (tertiary/aromatic N) is 2. The first kappa shape index (κ1) is 16.7. The molecule has 2 rings (SSSR count). The van der Waals surface area contributed by atoms with Gasteiger partial charge in [0, 0.05) is 37.8 Å². The molecular weight excluding hydrogens is 310 g/mol. The fourth-order valence-corrected chi connectivity index (χ4v) is 4.89. The van der Waals surface area contributed by atoms with E-state index in [2.05, 4.69) is 10.3 Å². The van der Waals surface area contributed by atoms with Crippen molar-refractivity contribution in [3.05, 3.63) is 11.6 Å². The number of rotatable bonds is 6. The molecule has 1 aromatic rings. The van der Waals surface area contributed by atoms with Gasteiger partial charge in [-0.05, 0) is 26.7 Å². The number of piperidine rings is 1. The van der Waals surface area contributed by atoms with Crippen molar-refractivity contribution in [3.63, 3.8) is 0 Å². The normalized spacial score (nSPS) is 18.8. The van der Waals surface area contributed by atoms with Gasteiger partial charge in [0.05, 0.1) is 11.4 Å². The molecule has 0 aliphatic carbocycles. The van der Waals surface area contributed by atoms with E-state index in [-0.39, 0.29) is 11.8 Å². The Bertz CT molecular complexity index is 535. The second-order valence-corrected chi connectivity index (χ2v) is 8.74. The molecule has 2 heterocycles. The maximum atomic E-state index is 12.4. The number of methoxy groups -OCH3 is 1. The Balaban J connectivity index is 1.88. The summed E-state index contributed by atoms with van der Waals surface area (Å²) in [5, 5.41) is 6.18. The molecule has 0 saturated carbocycles. The average molecular weight is 333 g/mol. The van der Waals surface area contributed by atoms with E-state index >= 15 is 0 Å². The minimum Gasteiger partial charge on any atom is -0.378 e. The molecular formula is C13H23N3O3S2. The van der Waals surface area contributed by atoms with Crippen molar-refractivity contribution in [2.45, 2.75) is 38.3 Å². The summed E-state index contributed by atoms with van der Waals surface area (Å²) in [6.45, 7) is 4.68. The minimum absolute atomic E-state index is 0.0150. The van der Waals surface area contributed by atoms with Crippen molar-refractivity contribution in [2.75, 3.05) is 31.3 Å². The van der Waals surface area contributed by atoms with E-state index in [1.165, 1.54) is 0 Å². The van der Waals surface area contributed by atoms with Crippen molar-refractivity contribution in [1.29, 1.82) is 0 Å². The molecule has 0 aromatic carbocycles. The molecule has 1 aliphatic rings. The fourth-order valence-electron chi connectivity index (χ4n) is 2.34. The van der Waals surface area contributed by atoms with Gasteiger partial charge in [-0.15, -0.1) is 11.3 Å². The zero-order valence-electron chi connectivity index (χ0n) is 12.7. The van der Waals surface area contributed by atoms with E-state index in [1.807, 2.05) is 5.38 Å². The number of anilines is 1. The highest BCUT2D eigenvalue weighted by Gasteiger charge is 2.33. The molecule has 120 valence electrons. The van der Waals surface area contributed by atoms with Crippen molar-refractivity contribution in [2.24, 2.45) is 0 Å². The lowest BCUT2D eigenvalue weighted by Gasteiger charge is -2.33. The molecule has 0 spiro atoms. The number of sulfonamides is 1. The third kappa shape index (κ3) is 4.64. The standard InChI is InChI=1S/C13H23N3O3S2/c1-13(2,19-3)10-21(17,18)16-7-4-11(5-8-16)15-12-14-6-9-20-12/h6,9,11H,4-5,7-8,10H2,1-3H3,(H,14,15). The molecule has 0 unspecified atom stereocenters. The Morgan fingerprint density at radius 3 is 2.67 bits per heavy atom. The highest BCUT2D eigenvalue weighted by molar-refractivity contribution is 7.89. The molecule has 6 nitrogen and oxygen atoms in total. The zero-order valence-corrected chi connectivity index (χ0v) is 14.3. The third-order valence-electron chi connectivity index (χ3n) is 3.69. The van der Waals surface area contributed by atoms with Crippen LogP contribution in [-0.4, -0.2) is 55.3 Å². The number of thiazole rings is 1. The van der Waals surface area contributed by atoms with E-state index in [0.29, 0.717) is 13.1 Å². The molecule has 1 saturated heterocycles. The Morgan fingerprint density at radius 1 is 1.48 bits per heavy atom. The van der Waals surface area contributed by atoms with Gasteiger partial charge in [-0.1, -0.05) is 0 Å². The highest BCUT2D eigenvalue weighted by atomic mass is 32.2. The van der Waals surface area contributed by atoms with Gasteiger partial charge in [-0.3, -0.25) is 0 Å². The van der Waals surface area contributed by atoms with Crippen LogP contribution in [0.15, 0.2) is 11.6 Å². The predicted molar refractivity (Wildman–Crippen MR) is 85.2 cm³/mol. The largest absolute Gasteiger partial charge is 0.378 e. The van der Waals surface area contributed by atoms with Crippen LogP contribution in [0.1, 0.15) is 26.7 Å². The summed E-state index contributed by atoms with van der Waals surface area (Å²) >= 11 is 1.56. The van der Waals surface area contributed by atoms with Crippen molar-refractivity contribution < 1.29 is 13.2 Å². The Kier molecular flexibility index (Phi) is 5.24.